The maximum Gasteiger partial charge on any atom is 0.319 e. The summed E-state index contributed by atoms with van der Waals surface area (Å²) in [5, 5.41) is 6.10. The van der Waals surface area contributed by atoms with Crippen molar-refractivity contribution < 1.29 is 14.0 Å². The summed E-state index contributed by atoms with van der Waals surface area (Å²) >= 11 is 0. The lowest BCUT2D eigenvalue weighted by molar-refractivity contribution is 0.1000. The van der Waals surface area contributed by atoms with Crippen LogP contribution in [0.15, 0.2) is 67.0 Å². The Balaban J connectivity index is 1.36. The number of hydrogen-bond donors (Lipinski definition) is 3. The van der Waals surface area contributed by atoms with Gasteiger partial charge in [0.15, 0.2) is 0 Å². The van der Waals surface area contributed by atoms with E-state index in [2.05, 4.69) is 25.4 Å². The van der Waals surface area contributed by atoms with E-state index in [0.717, 1.165) is 68.6 Å². The van der Waals surface area contributed by atoms with E-state index in [9.17, 15) is 14.0 Å². The fourth-order valence-electron chi connectivity index (χ4n) is 5.90. The summed E-state index contributed by atoms with van der Waals surface area (Å²) in [5.41, 5.74) is 9.47. The SMILES string of the molecule is NC(=O)c1ccc(N2CCCN(C(c3ccncc3)c3ccc(F)cc3)CC2)c(NC(=O)NC2CCCCC2)c1. The molecule has 3 aromatic rings. The molecule has 2 aliphatic rings. The Morgan fingerprint density at radius 3 is 2.33 bits per heavy atom. The lowest BCUT2D eigenvalue weighted by Crippen LogP contribution is -2.39. The number of anilines is 2. The molecule has 5 rings (SSSR count). The van der Waals surface area contributed by atoms with Gasteiger partial charge < -0.3 is 21.3 Å². The zero-order chi connectivity index (χ0) is 27.9. The molecule has 2 aromatic carbocycles. The first-order valence-corrected chi connectivity index (χ1v) is 14.1. The topological polar surface area (TPSA) is 104 Å². The summed E-state index contributed by atoms with van der Waals surface area (Å²) in [4.78, 5) is 33.7. The molecule has 3 amide bonds. The van der Waals surface area contributed by atoms with Gasteiger partial charge in [0.25, 0.3) is 0 Å². The van der Waals surface area contributed by atoms with Crippen molar-refractivity contribution in [2.45, 2.75) is 50.6 Å². The molecule has 1 aliphatic heterocycles. The number of aromatic nitrogens is 1. The zero-order valence-corrected chi connectivity index (χ0v) is 22.7. The van der Waals surface area contributed by atoms with Crippen LogP contribution in [0, 0.1) is 5.82 Å². The minimum absolute atomic E-state index is 0.0420. The molecule has 2 heterocycles. The van der Waals surface area contributed by atoms with Gasteiger partial charge in [0.1, 0.15) is 5.82 Å². The fourth-order valence-corrected chi connectivity index (χ4v) is 5.90. The number of nitrogens with zero attached hydrogens (tertiary/aromatic N) is 3. The molecule has 0 spiro atoms. The number of benzene rings is 2. The molecule has 2 fully saturated rings. The molecule has 9 heteroatoms. The highest BCUT2D eigenvalue weighted by atomic mass is 19.1. The summed E-state index contributed by atoms with van der Waals surface area (Å²) < 4.78 is 13.7. The minimum atomic E-state index is -0.538. The second-order valence-electron chi connectivity index (χ2n) is 10.6. The van der Waals surface area contributed by atoms with E-state index in [1.54, 1.807) is 24.5 Å². The Kier molecular flexibility index (Phi) is 8.91. The van der Waals surface area contributed by atoms with Crippen molar-refractivity contribution in [2.75, 3.05) is 36.4 Å². The van der Waals surface area contributed by atoms with E-state index < -0.39 is 5.91 Å². The Labute approximate surface area is 234 Å². The van der Waals surface area contributed by atoms with Crippen LogP contribution in [0.5, 0.6) is 0 Å². The molecule has 40 heavy (non-hydrogen) atoms. The van der Waals surface area contributed by atoms with Gasteiger partial charge in [-0.2, -0.15) is 0 Å². The molecular formula is C31H37FN6O2. The number of halogens is 1. The molecule has 4 N–H and O–H groups in total. The smallest absolute Gasteiger partial charge is 0.319 e. The molecule has 0 radical (unpaired) electrons. The lowest BCUT2D eigenvalue weighted by atomic mass is 9.96. The van der Waals surface area contributed by atoms with Gasteiger partial charge in [-0.3, -0.25) is 14.7 Å². The largest absolute Gasteiger partial charge is 0.369 e. The van der Waals surface area contributed by atoms with Crippen molar-refractivity contribution in [1.82, 2.24) is 15.2 Å². The van der Waals surface area contributed by atoms with Gasteiger partial charge in [-0.25, -0.2) is 9.18 Å². The zero-order valence-electron chi connectivity index (χ0n) is 22.7. The Morgan fingerprint density at radius 1 is 0.875 bits per heavy atom. The van der Waals surface area contributed by atoms with E-state index in [4.69, 9.17) is 5.73 Å². The molecular weight excluding hydrogens is 507 g/mol. The average molecular weight is 545 g/mol. The maximum atomic E-state index is 13.7. The van der Waals surface area contributed by atoms with Crippen molar-refractivity contribution in [3.8, 4) is 0 Å². The lowest BCUT2D eigenvalue weighted by Gasteiger charge is -2.32. The van der Waals surface area contributed by atoms with Crippen molar-refractivity contribution in [2.24, 2.45) is 5.73 Å². The number of amides is 3. The monoisotopic (exact) mass is 544 g/mol. The van der Waals surface area contributed by atoms with Crippen LogP contribution in [0.25, 0.3) is 0 Å². The highest BCUT2D eigenvalue weighted by Crippen LogP contribution is 2.32. The fraction of sp³-hybridized carbons (Fsp3) is 0.387. The van der Waals surface area contributed by atoms with Crippen LogP contribution >= 0.6 is 0 Å². The van der Waals surface area contributed by atoms with Crippen LogP contribution in [0.2, 0.25) is 0 Å². The summed E-state index contributed by atoms with van der Waals surface area (Å²) in [5.74, 6) is -0.796. The maximum absolute atomic E-state index is 13.7. The number of carbonyl (C=O) groups excluding carboxylic acids is 2. The molecule has 1 atom stereocenters. The first-order valence-electron chi connectivity index (χ1n) is 14.1. The third-order valence-corrected chi connectivity index (χ3v) is 7.91. The predicted octanol–water partition coefficient (Wildman–Crippen LogP) is 5.08. The average Bonchev–Trinajstić information content (AvgIpc) is 3.21. The van der Waals surface area contributed by atoms with Crippen molar-refractivity contribution >= 4 is 23.3 Å². The van der Waals surface area contributed by atoms with Crippen LogP contribution in [-0.4, -0.2) is 54.0 Å². The third kappa shape index (κ3) is 6.77. The van der Waals surface area contributed by atoms with E-state index in [1.807, 2.05) is 30.3 Å². The standard InChI is InChI=1S/C31H37FN6O2/c32-25-10-7-22(8-11-25)29(23-13-15-34-16-14-23)38-18-4-17-37(19-20-38)28-12-9-24(30(33)39)21-27(28)36-31(40)35-26-5-2-1-3-6-26/h7-16,21,26,29H,1-6,17-20H2,(H2,33,39)(H2,35,36,40). The van der Waals surface area contributed by atoms with Crippen LogP contribution in [0.1, 0.15) is 66.1 Å². The van der Waals surface area contributed by atoms with E-state index in [-0.39, 0.29) is 23.9 Å². The van der Waals surface area contributed by atoms with Crippen molar-refractivity contribution in [1.29, 1.82) is 0 Å². The van der Waals surface area contributed by atoms with Gasteiger partial charge in [0.05, 0.1) is 17.4 Å². The van der Waals surface area contributed by atoms with Crippen LogP contribution in [0.3, 0.4) is 0 Å². The van der Waals surface area contributed by atoms with Crippen molar-refractivity contribution in [3.05, 3.63) is 89.5 Å². The molecule has 1 aromatic heterocycles. The van der Waals surface area contributed by atoms with Crippen LogP contribution in [0.4, 0.5) is 20.6 Å². The first kappa shape index (κ1) is 27.6. The Bertz CT molecular complexity index is 1300. The van der Waals surface area contributed by atoms with E-state index in [1.165, 1.54) is 18.6 Å². The van der Waals surface area contributed by atoms with Crippen molar-refractivity contribution in [3.63, 3.8) is 0 Å². The van der Waals surface area contributed by atoms with Gasteiger partial charge in [-0.05, 0) is 72.9 Å². The first-order chi connectivity index (χ1) is 19.5. The summed E-state index contributed by atoms with van der Waals surface area (Å²) in [6, 6.07) is 15.8. The molecule has 210 valence electrons. The van der Waals surface area contributed by atoms with E-state index in [0.29, 0.717) is 17.8 Å². The minimum Gasteiger partial charge on any atom is -0.369 e. The third-order valence-electron chi connectivity index (χ3n) is 7.91. The predicted molar refractivity (Wildman–Crippen MR) is 155 cm³/mol. The van der Waals surface area contributed by atoms with Gasteiger partial charge in [0.2, 0.25) is 5.91 Å². The van der Waals surface area contributed by atoms with Crippen LogP contribution < -0.4 is 21.3 Å². The summed E-state index contributed by atoms with van der Waals surface area (Å²) in [6.07, 6.45) is 9.87. The number of pyridine rings is 1. The number of primary amides is 1. The highest BCUT2D eigenvalue weighted by Gasteiger charge is 2.26. The quantitative estimate of drug-likeness (QED) is 0.385. The number of rotatable bonds is 7. The molecule has 1 aliphatic carbocycles. The van der Waals surface area contributed by atoms with Gasteiger partial charge in [-0.15, -0.1) is 0 Å². The number of urea groups is 1. The van der Waals surface area contributed by atoms with Crippen LogP contribution in [-0.2, 0) is 0 Å². The van der Waals surface area contributed by atoms with Gasteiger partial charge >= 0.3 is 6.03 Å². The number of nitrogens with one attached hydrogen (secondary N) is 2. The molecule has 1 saturated heterocycles. The second-order valence-corrected chi connectivity index (χ2v) is 10.6. The Hall–Kier alpha value is -3.98. The molecule has 8 nitrogen and oxygen atoms in total. The molecule has 1 saturated carbocycles. The second kappa shape index (κ2) is 12.9. The summed E-state index contributed by atoms with van der Waals surface area (Å²) in [6.45, 7) is 3.07. The molecule has 1 unspecified atom stereocenters. The van der Waals surface area contributed by atoms with E-state index >= 15 is 0 Å². The number of carbonyl (C=O) groups is 2. The number of hydrogen-bond acceptors (Lipinski definition) is 5. The van der Waals surface area contributed by atoms with Gasteiger partial charge in [-0.1, -0.05) is 31.4 Å². The van der Waals surface area contributed by atoms with Gasteiger partial charge in [0, 0.05) is 50.2 Å². The summed E-state index contributed by atoms with van der Waals surface area (Å²) in [7, 11) is 0. The highest BCUT2D eigenvalue weighted by molar-refractivity contribution is 5.99. The normalized spacial score (nSPS) is 17.6. The Morgan fingerprint density at radius 2 is 1.60 bits per heavy atom. The molecule has 0 bridgehead atoms. The number of nitrogens with two attached hydrogens (primary N) is 1.